The molecule has 4 atom stereocenters. The van der Waals surface area contributed by atoms with Gasteiger partial charge in [0, 0.05) is 28.9 Å². The maximum absolute atomic E-state index is 13.4. The quantitative estimate of drug-likeness (QED) is 0.380. The van der Waals surface area contributed by atoms with E-state index in [1.165, 1.54) is 12.0 Å². The molecule has 26 heavy (non-hydrogen) atoms. The number of rotatable bonds is 4. The van der Waals surface area contributed by atoms with E-state index in [1.807, 2.05) is 30.3 Å². The highest BCUT2D eigenvalue weighted by molar-refractivity contribution is 6.83. The van der Waals surface area contributed by atoms with Gasteiger partial charge in [-0.1, -0.05) is 79.5 Å². The van der Waals surface area contributed by atoms with Crippen molar-refractivity contribution in [2.75, 3.05) is 0 Å². The first-order chi connectivity index (χ1) is 12.4. The molecule has 0 fully saturated rings. The fourth-order valence-corrected chi connectivity index (χ4v) is 8.19. The molecule has 5 rings (SSSR count). The van der Waals surface area contributed by atoms with Crippen molar-refractivity contribution in [2.45, 2.75) is 32.5 Å². The molecule has 0 saturated carbocycles. The van der Waals surface area contributed by atoms with Gasteiger partial charge in [0.2, 0.25) is 0 Å². The lowest BCUT2D eigenvalue weighted by atomic mass is 9.83. The van der Waals surface area contributed by atoms with Crippen molar-refractivity contribution < 1.29 is 4.79 Å². The summed E-state index contributed by atoms with van der Waals surface area (Å²) in [6.07, 6.45) is 11.8. The van der Waals surface area contributed by atoms with E-state index in [2.05, 4.69) is 43.9 Å². The van der Waals surface area contributed by atoms with Crippen LogP contribution in [0.5, 0.6) is 0 Å². The zero-order chi connectivity index (χ0) is 18.1. The highest BCUT2D eigenvalue weighted by atomic mass is 28.3. The van der Waals surface area contributed by atoms with Gasteiger partial charge in [0.05, 0.1) is 8.07 Å². The van der Waals surface area contributed by atoms with E-state index in [4.69, 9.17) is 0 Å². The fourth-order valence-electron chi connectivity index (χ4n) is 5.74. The van der Waals surface area contributed by atoms with Crippen LogP contribution in [0.25, 0.3) is 0 Å². The molecule has 0 radical (unpaired) electrons. The number of carbonyl (C=O) groups excluding carboxylic acids is 1. The van der Waals surface area contributed by atoms with E-state index in [-0.39, 0.29) is 5.78 Å². The summed E-state index contributed by atoms with van der Waals surface area (Å²) in [5, 5.41) is 1.72. The zero-order valence-corrected chi connectivity index (χ0v) is 16.8. The second-order valence-corrected chi connectivity index (χ2v) is 14.3. The van der Waals surface area contributed by atoms with Crippen LogP contribution >= 0.6 is 0 Å². The second kappa shape index (κ2) is 5.53. The number of fused-ring (bicyclic) bond motifs is 4. The Morgan fingerprint density at radius 3 is 2.08 bits per heavy atom. The molecule has 132 valence electrons. The van der Waals surface area contributed by atoms with Gasteiger partial charge in [-0.05, 0) is 29.9 Å². The first-order valence-electron chi connectivity index (χ1n) is 9.90. The first-order valence-corrected chi connectivity index (χ1v) is 13.4. The minimum Gasteiger partial charge on any atom is -0.289 e. The van der Waals surface area contributed by atoms with Crippen LogP contribution in [0.2, 0.25) is 19.6 Å². The van der Waals surface area contributed by atoms with Gasteiger partial charge < -0.3 is 0 Å². The normalized spacial score (nSPS) is 31.7. The highest BCUT2D eigenvalue weighted by Gasteiger charge is 2.47. The molecule has 0 aromatic heterocycles. The SMILES string of the molecule is C[Si](C)(C)C1=C(C2=C(C(=O)c3ccccc3)[C@@H]3C=C[C@H]2C3)[C@H]2C=C[C@@H]1C2. The maximum Gasteiger partial charge on any atom is 0.189 e. The summed E-state index contributed by atoms with van der Waals surface area (Å²) in [6.45, 7) is 7.41. The molecule has 4 aliphatic carbocycles. The maximum atomic E-state index is 13.4. The molecule has 1 nitrogen and oxygen atoms in total. The molecule has 0 aliphatic heterocycles. The molecule has 0 amide bonds. The van der Waals surface area contributed by atoms with Crippen molar-refractivity contribution >= 4 is 13.9 Å². The van der Waals surface area contributed by atoms with E-state index in [9.17, 15) is 4.79 Å². The van der Waals surface area contributed by atoms with Crippen LogP contribution in [0.4, 0.5) is 0 Å². The average molecular weight is 359 g/mol. The van der Waals surface area contributed by atoms with Gasteiger partial charge in [0.1, 0.15) is 0 Å². The fraction of sp³-hybridized carbons (Fsp3) is 0.375. The molecule has 4 bridgehead atoms. The van der Waals surface area contributed by atoms with Crippen molar-refractivity contribution in [3.8, 4) is 0 Å². The Balaban J connectivity index is 1.70. The smallest absolute Gasteiger partial charge is 0.189 e. The van der Waals surface area contributed by atoms with E-state index in [0.717, 1.165) is 17.6 Å². The third-order valence-electron chi connectivity index (χ3n) is 6.61. The summed E-state index contributed by atoms with van der Waals surface area (Å²) in [6, 6.07) is 9.88. The Bertz CT molecular complexity index is 907. The third kappa shape index (κ3) is 2.24. The van der Waals surface area contributed by atoms with Crippen molar-refractivity contribution in [3.05, 3.63) is 82.1 Å². The van der Waals surface area contributed by atoms with Crippen LogP contribution in [0.3, 0.4) is 0 Å². The van der Waals surface area contributed by atoms with Gasteiger partial charge >= 0.3 is 0 Å². The van der Waals surface area contributed by atoms with Gasteiger partial charge in [-0.25, -0.2) is 0 Å². The summed E-state index contributed by atoms with van der Waals surface area (Å²) < 4.78 is 0. The van der Waals surface area contributed by atoms with Crippen LogP contribution in [0.15, 0.2) is 76.6 Å². The molecule has 1 aromatic rings. The number of ketones is 1. The molecule has 0 saturated heterocycles. The zero-order valence-electron chi connectivity index (χ0n) is 15.8. The van der Waals surface area contributed by atoms with Crippen molar-refractivity contribution in [1.82, 2.24) is 0 Å². The molecular weight excluding hydrogens is 332 g/mol. The Kier molecular flexibility index (Phi) is 3.46. The number of Topliss-reactive ketones (excluding diaryl/α,β-unsaturated/α-hetero) is 1. The van der Waals surface area contributed by atoms with Crippen LogP contribution < -0.4 is 0 Å². The van der Waals surface area contributed by atoms with Crippen molar-refractivity contribution in [1.29, 1.82) is 0 Å². The lowest BCUT2D eigenvalue weighted by molar-refractivity contribution is 0.102. The standard InChI is InChI=1S/C24H26OSi/c1-26(2,3)24-19-12-11-18(14-19)22(24)20-16-9-10-17(13-16)21(20)23(25)15-7-5-4-6-8-15/h4-12,16-19H,13-14H2,1-3H3/t16-,17+,18-,19+/m0/s1. The van der Waals surface area contributed by atoms with E-state index in [1.54, 1.807) is 10.8 Å². The number of carbonyl (C=O) groups is 1. The Labute approximate surface area is 157 Å². The molecule has 0 N–H and O–H groups in total. The van der Waals surface area contributed by atoms with Crippen molar-refractivity contribution in [3.63, 3.8) is 0 Å². The molecule has 4 aliphatic rings. The largest absolute Gasteiger partial charge is 0.289 e. The molecular formula is C24H26OSi. The number of benzene rings is 1. The van der Waals surface area contributed by atoms with Crippen LogP contribution in [-0.2, 0) is 0 Å². The first kappa shape index (κ1) is 16.3. The van der Waals surface area contributed by atoms with Crippen LogP contribution in [0.1, 0.15) is 23.2 Å². The van der Waals surface area contributed by atoms with Crippen LogP contribution in [0, 0.1) is 23.7 Å². The lowest BCUT2D eigenvalue weighted by Crippen LogP contribution is -2.29. The monoisotopic (exact) mass is 358 g/mol. The van der Waals surface area contributed by atoms with Gasteiger partial charge in [-0.3, -0.25) is 4.79 Å². The summed E-state index contributed by atoms with van der Waals surface area (Å²) in [4.78, 5) is 13.4. The number of allylic oxidation sites excluding steroid dienone is 8. The minimum atomic E-state index is -1.42. The summed E-state index contributed by atoms with van der Waals surface area (Å²) >= 11 is 0. The second-order valence-electron chi connectivity index (χ2n) is 9.27. The highest BCUT2D eigenvalue weighted by Crippen LogP contribution is 2.57. The minimum absolute atomic E-state index is 0.256. The molecule has 0 spiro atoms. The summed E-state index contributed by atoms with van der Waals surface area (Å²) in [5.41, 5.74) is 4.94. The van der Waals surface area contributed by atoms with E-state index >= 15 is 0 Å². The van der Waals surface area contributed by atoms with Crippen LogP contribution in [-0.4, -0.2) is 13.9 Å². The predicted octanol–water partition coefficient (Wildman–Crippen LogP) is 5.75. The van der Waals surface area contributed by atoms with Gasteiger partial charge in [0.25, 0.3) is 0 Å². The number of hydrogen-bond donors (Lipinski definition) is 0. The van der Waals surface area contributed by atoms with E-state index < -0.39 is 8.07 Å². The van der Waals surface area contributed by atoms with E-state index in [0.29, 0.717) is 23.7 Å². The topological polar surface area (TPSA) is 17.1 Å². The summed E-state index contributed by atoms with van der Waals surface area (Å²) in [5.74, 6) is 2.21. The summed E-state index contributed by atoms with van der Waals surface area (Å²) in [7, 11) is -1.42. The van der Waals surface area contributed by atoms with Gasteiger partial charge in [0.15, 0.2) is 5.78 Å². The molecule has 2 heteroatoms. The Hall–Kier alpha value is -1.93. The Morgan fingerprint density at radius 1 is 0.808 bits per heavy atom. The van der Waals surface area contributed by atoms with Gasteiger partial charge in [-0.2, -0.15) is 0 Å². The lowest BCUT2D eigenvalue weighted by Gasteiger charge is -2.29. The average Bonchev–Trinajstić information content (AvgIpc) is 3.39. The van der Waals surface area contributed by atoms with Crippen molar-refractivity contribution in [2.24, 2.45) is 23.7 Å². The molecule has 0 heterocycles. The number of hydrogen-bond acceptors (Lipinski definition) is 1. The Morgan fingerprint density at radius 2 is 1.38 bits per heavy atom. The van der Waals surface area contributed by atoms with Gasteiger partial charge in [-0.15, -0.1) is 0 Å². The molecule has 0 unspecified atom stereocenters. The third-order valence-corrected chi connectivity index (χ3v) is 8.87. The predicted molar refractivity (Wildman–Crippen MR) is 110 cm³/mol. The molecule has 1 aromatic carbocycles.